The highest BCUT2D eigenvalue weighted by atomic mass is 16.5. The number of pyridine rings is 1. The van der Waals surface area contributed by atoms with E-state index in [1.54, 1.807) is 6.20 Å². The van der Waals surface area contributed by atoms with Crippen LogP contribution in [0.25, 0.3) is 10.8 Å². The number of aromatic amines is 1. The van der Waals surface area contributed by atoms with Crippen LogP contribution in [0.2, 0.25) is 0 Å². The highest BCUT2D eigenvalue weighted by Crippen LogP contribution is 2.22. The van der Waals surface area contributed by atoms with Gasteiger partial charge in [0.25, 0.3) is 5.56 Å². The molecule has 1 aromatic heterocycles. The lowest BCUT2D eigenvalue weighted by molar-refractivity contribution is 0.0795. The number of piperidine rings is 1. The Balaban J connectivity index is 1.32. The van der Waals surface area contributed by atoms with Gasteiger partial charge < -0.3 is 14.5 Å². The Morgan fingerprint density at radius 3 is 2.85 bits per heavy atom. The van der Waals surface area contributed by atoms with Gasteiger partial charge in [-0.2, -0.15) is 0 Å². The summed E-state index contributed by atoms with van der Waals surface area (Å²) in [6.07, 6.45) is 3.99. The van der Waals surface area contributed by atoms with E-state index in [9.17, 15) is 4.79 Å². The summed E-state index contributed by atoms with van der Waals surface area (Å²) >= 11 is 0. The second-order valence-corrected chi connectivity index (χ2v) is 6.90. The van der Waals surface area contributed by atoms with Crippen molar-refractivity contribution in [2.75, 3.05) is 26.2 Å². The largest absolute Gasteiger partial charge is 0.492 e. The molecule has 0 radical (unpaired) electrons. The zero-order valence-electron chi connectivity index (χ0n) is 15.3. The second-order valence-electron chi connectivity index (χ2n) is 6.90. The summed E-state index contributed by atoms with van der Waals surface area (Å²) in [7, 11) is 0. The number of aromatic nitrogens is 1. The Kier molecular flexibility index (Phi) is 5.39. The molecule has 27 heavy (non-hydrogen) atoms. The third kappa shape index (κ3) is 4.49. The average molecular weight is 364 g/mol. The first-order valence-electron chi connectivity index (χ1n) is 9.46. The van der Waals surface area contributed by atoms with E-state index in [0.717, 1.165) is 49.4 Å². The quantitative estimate of drug-likeness (QED) is 0.728. The van der Waals surface area contributed by atoms with E-state index < -0.39 is 0 Å². The van der Waals surface area contributed by atoms with E-state index in [1.165, 1.54) is 0 Å². The van der Waals surface area contributed by atoms with Crippen LogP contribution in [0.3, 0.4) is 0 Å². The molecule has 0 spiro atoms. The average Bonchev–Trinajstić information content (AvgIpc) is 2.69. The van der Waals surface area contributed by atoms with Crippen molar-refractivity contribution in [3.05, 3.63) is 71.1 Å². The van der Waals surface area contributed by atoms with E-state index in [2.05, 4.69) is 9.88 Å². The highest BCUT2D eigenvalue weighted by molar-refractivity contribution is 5.82. The lowest BCUT2D eigenvalue weighted by Crippen LogP contribution is -2.42. The number of likely N-dealkylation sites (tertiary alicyclic amines) is 1. The molecule has 5 heteroatoms. The summed E-state index contributed by atoms with van der Waals surface area (Å²) in [4.78, 5) is 16.9. The molecule has 3 aromatic rings. The van der Waals surface area contributed by atoms with Crippen molar-refractivity contribution in [3.8, 4) is 11.5 Å². The van der Waals surface area contributed by atoms with Crippen LogP contribution in [0.4, 0.5) is 0 Å². The minimum Gasteiger partial charge on any atom is -0.492 e. The molecule has 1 saturated heterocycles. The molecule has 1 aliphatic heterocycles. The summed E-state index contributed by atoms with van der Waals surface area (Å²) in [5.74, 6) is 1.73. The molecule has 2 heterocycles. The predicted molar refractivity (Wildman–Crippen MR) is 107 cm³/mol. The van der Waals surface area contributed by atoms with Crippen LogP contribution in [-0.2, 0) is 0 Å². The van der Waals surface area contributed by atoms with Crippen molar-refractivity contribution in [1.82, 2.24) is 9.88 Å². The summed E-state index contributed by atoms with van der Waals surface area (Å²) in [5.41, 5.74) is -0.0682. The zero-order chi connectivity index (χ0) is 18.5. The maximum absolute atomic E-state index is 11.8. The molecule has 0 saturated carbocycles. The van der Waals surface area contributed by atoms with Gasteiger partial charge in [0, 0.05) is 24.7 Å². The number of H-pyrrole nitrogens is 1. The number of hydrogen-bond donors (Lipinski definition) is 1. The standard InChI is InChI=1S/C22H24N2O3/c25-22-21-9-8-19(15-17(21)10-11-23-22)27-20-7-4-12-24(16-20)13-14-26-18-5-2-1-3-6-18/h1-3,5-6,8-11,15,20H,4,7,12-14,16H2,(H,23,25)/t20-/m1/s1. The highest BCUT2D eigenvalue weighted by Gasteiger charge is 2.21. The maximum atomic E-state index is 11.8. The van der Waals surface area contributed by atoms with Crippen molar-refractivity contribution in [2.24, 2.45) is 0 Å². The molecule has 5 nitrogen and oxygen atoms in total. The molecule has 0 unspecified atom stereocenters. The normalized spacial score (nSPS) is 17.7. The van der Waals surface area contributed by atoms with Gasteiger partial charge in [0.05, 0.1) is 0 Å². The molecular weight excluding hydrogens is 340 g/mol. The molecule has 1 aliphatic rings. The van der Waals surface area contributed by atoms with Crippen molar-refractivity contribution in [2.45, 2.75) is 18.9 Å². The number of rotatable bonds is 6. The smallest absolute Gasteiger partial charge is 0.255 e. The lowest BCUT2D eigenvalue weighted by atomic mass is 10.1. The van der Waals surface area contributed by atoms with Gasteiger partial charge in [0.2, 0.25) is 0 Å². The minimum atomic E-state index is -0.0682. The molecule has 1 atom stereocenters. The van der Waals surface area contributed by atoms with Gasteiger partial charge in [0.15, 0.2) is 0 Å². The molecule has 1 N–H and O–H groups in total. The van der Waals surface area contributed by atoms with Crippen LogP contribution in [-0.4, -0.2) is 42.2 Å². The van der Waals surface area contributed by atoms with Gasteiger partial charge in [-0.1, -0.05) is 18.2 Å². The van der Waals surface area contributed by atoms with Gasteiger partial charge in [-0.15, -0.1) is 0 Å². The van der Waals surface area contributed by atoms with Crippen LogP contribution in [0.1, 0.15) is 12.8 Å². The molecule has 0 aliphatic carbocycles. The van der Waals surface area contributed by atoms with Gasteiger partial charge in [0.1, 0.15) is 24.2 Å². The number of benzene rings is 2. The summed E-state index contributed by atoms with van der Waals surface area (Å²) in [5, 5.41) is 1.59. The monoisotopic (exact) mass is 364 g/mol. The summed E-state index contributed by atoms with van der Waals surface area (Å²) in [6, 6.07) is 17.5. The van der Waals surface area contributed by atoms with Gasteiger partial charge >= 0.3 is 0 Å². The SMILES string of the molecule is O=c1[nH]ccc2cc(O[C@@H]3CCCN(CCOc4ccccc4)C3)ccc12. The van der Waals surface area contributed by atoms with Crippen LogP contribution >= 0.6 is 0 Å². The zero-order valence-corrected chi connectivity index (χ0v) is 15.3. The summed E-state index contributed by atoms with van der Waals surface area (Å²) in [6.45, 7) is 3.54. The van der Waals surface area contributed by atoms with Crippen LogP contribution in [0.5, 0.6) is 11.5 Å². The number of nitrogens with zero attached hydrogens (tertiary/aromatic N) is 1. The first-order chi connectivity index (χ1) is 13.3. The minimum absolute atomic E-state index is 0.0682. The third-order valence-corrected chi connectivity index (χ3v) is 4.93. The van der Waals surface area contributed by atoms with Crippen LogP contribution in [0.15, 0.2) is 65.6 Å². The Morgan fingerprint density at radius 2 is 1.96 bits per heavy atom. The maximum Gasteiger partial charge on any atom is 0.255 e. The Hall–Kier alpha value is -2.79. The number of fused-ring (bicyclic) bond motifs is 1. The Bertz CT molecular complexity index is 939. The van der Waals surface area contributed by atoms with Crippen LogP contribution < -0.4 is 15.0 Å². The second kappa shape index (κ2) is 8.27. The van der Waals surface area contributed by atoms with E-state index >= 15 is 0 Å². The molecule has 0 amide bonds. The molecule has 2 aromatic carbocycles. The fourth-order valence-electron chi connectivity index (χ4n) is 3.56. The van der Waals surface area contributed by atoms with Gasteiger partial charge in [-0.05, 0) is 61.2 Å². The Labute approximate surface area is 158 Å². The van der Waals surface area contributed by atoms with E-state index in [0.29, 0.717) is 12.0 Å². The van der Waals surface area contributed by atoms with Crippen LogP contribution in [0, 0.1) is 0 Å². The number of nitrogens with one attached hydrogen (secondary N) is 1. The summed E-state index contributed by atoms with van der Waals surface area (Å²) < 4.78 is 12.0. The number of ether oxygens (including phenoxy) is 2. The fourth-order valence-corrected chi connectivity index (χ4v) is 3.56. The molecule has 140 valence electrons. The number of hydrogen-bond acceptors (Lipinski definition) is 4. The van der Waals surface area contributed by atoms with Gasteiger partial charge in [-0.25, -0.2) is 0 Å². The van der Waals surface area contributed by atoms with E-state index in [-0.39, 0.29) is 11.7 Å². The number of para-hydroxylation sites is 1. The van der Waals surface area contributed by atoms with Crippen molar-refractivity contribution in [1.29, 1.82) is 0 Å². The fraction of sp³-hybridized carbons (Fsp3) is 0.318. The van der Waals surface area contributed by atoms with Crippen molar-refractivity contribution >= 4 is 10.8 Å². The van der Waals surface area contributed by atoms with E-state index in [4.69, 9.17) is 9.47 Å². The molecule has 1 fully saturated rings. The third-order valence-electron chi connectivity index (χ3n) is 4.93. The predicted octanol–water partition coefficient (Wildman–Crippen LogP) is 3.45. The van der Waals surface area contributed by atoms with Crippen molar-refractivity contribution in [3.63, 3.8) is 0 Å². The topological polar surface area (TPSA) is 54.6 Å². The van der Waals surface area contributed by atoms with Gasteiger partial charge in [-0.3, -0.25) is 9.69 Å². The molecule has 0 bridgehead atoms. The molecule has 4 rings (SSSR count). The first kappa shape index (κ1) is 17.6. The Morgan fingerprint density at radius 1 is 1.07 bits per heavy atom. The van der Waals surface area contributed by atoms with E-state index in [1.807, 2.05) is 54.6 Å². The lowest BCUT2D eigenvalue weighted by Gasteiger charge is -2.32. The molecular formula is C22H24N2O3. The first-order valence-corrected chi connectivity index (χ1v) is 9.46. The van der Waals surface area contributed by atoms with Crippen molar-refractivity contribution < 1.29 is 9.47 Å².